The van der Waals surface area contributed by atoms with Crippen LogP contribution < -0.4 is 0 Å². The molecular weight excluding hydrogens is 397 g/mol. The average Bonchev–Trinajstić information content (AvgIpc) is 3.00. The van der Waals surface area contributed by atoms with Crippen LogP contribution in [0.2, 0.25) is 0 Å². The SMILES string of the molecule is CC1=NOC2(C)CC12c1c(-c2ccc(O)cc2)cc(C(F)(F)F)cc1-c1cn[nH]n1. The van der Waals surface area contributed by atoms with Gasteiger partial charge in [0.05, 0.1) is 22.9 Å². The zero-order valence-electron chi connectivity index (χ0n) is 16.1. The second-order valence-electron chi connectivity index (χ2n) is 7.93. The first-order valence-corrected chi connectivity index (χ1v) is 9.30. The third-order valence-electron chi connectivity index (χ3n) is 6.14. The van der Waals surface area contributed by atoms with Crippen LogP contribution in [-0.2, 0) is 16.4 Å². The van der Waals surface area contributed by atoms with E-state index in [9.17, 15) is 18.3 Å². The second-order valence-corrected chi connectivity index (χ2v) is 7.93. The Morgan fingerprint density at radius 2 is 1.83 bits per heavy atom. The lowest BCUT2D eigenvalue weighted by Gasteiger charge is -2.24. The Bertz CT molecular complexity index is 1170. The maximum atomic E-state index is 13.8. The van der Waals surface area contributed by atoms with Crippen molar-refractivity contribution in [2.45, 2.75) is 37.5 Å². The van der Waals surface area contributed by atoms with Crippen molar-refractivity contribution >= 4 is 5.71 Å². The van der Waals surface area contributed by atoms with E-state index in [1.165, 1.54) is 18.3 Å². The van der Waals surface area contributed by atoms with Crippen LogP contribution in [0.1, 0.15) is 31.4 Å². The maximum absolute atomic E-state index is 13.8. The molecule has 2 aromatic carbocycles. The summed E-state index contributed by atoms with van der Waals surface area (Å²) in [5.74, 6) is 0.0281. The number of aromatic hydroxyl groups is 1. The molecule has 9 heteroatoms. The molecule has 0 spiro atoms. The van der Waals surface area contributed by atoms with Crippen molar-refractivity contribution in [1.82, 2.24) is 15.4 Å². The maximum Gasteiger partial charge on any atom is 0.416 e. The van der Waals surface area contributed by atoms with Gasteiger partial charge in [0, 0.05) is 12.0 Å². The van der Waals surface area contributed by atoms with Gasteiger partial charge in [-0.2, -0.15) is 28.6 Å². The Hall–Kier alpha value is -3.36. The molecule has 1 fully saturated rings. The molecule has 2 aliphatic rings. The molecule has 0 bridgehead atoms. The molecule has 2 N–H and O–H groups in total. The third kappa shape index (κ3) is 2.47. The highest BCUT2D eigenvalue weighted by Crippen LogP contribution is 2.67. The van der Waals surface area contributed by atoms with Crippen molar-refractivity contribution in [2.75, 3.05) is 0 Å². The van der Waals surface area contributed by atoms with Crippen LogP contribution in [0.15, 0.2) is 47.8 Å². The molecule has 0 saturated heterocycles. The molecule has 5 rings (SSSR count). The fourth-order valence-electron chi connectivity index (χ4n) is 4.53. The number of phenols is 1. The van der Waals surface area contributed by atoms with Gasteiger partial charge < -0.3 is 9.94 Å². The standard InChI is InChI=1S/C21H17F3N4O2/c1-11-20(10-19(20,2)30-27-11)18-15(12-3-5-14(29)6-4-12)7-13(21(22,23)24)8-16(18)17-9-25-28-26-17/h3-9,29H,10H2,1-2H3,(H,25,26,28). The fourth-order valence-corrected chi connectivity index (χ4v) is 4.53. The van der Waals surface area contributed by atoms with Crippen LogP contribution in [0.4, 0.5) is 13.2 Å². The van der Waals surface area contributed by atoms with Crippen LogP contribution >= 0.6 is 0 Å². The predicted molar refractivity (Wildman–Crippen MR) is 103 cm³/mol. The van der Waals surface area contributed by atoms with E-state index < -0.39 is 22.8 Å². The molecule has 6 nitrogen and oxygen atoms in total. The van der Waals surface area contributed by atoms with E-state index in [1.807, 2.05) is 13.8 Å². The Morgan fingerprint density at radius 3 is 2.37 bits per heavy atom. The molecule has 2 heterocycles. The molecular formula is C21H17F3N4O2. The topological polar surface area (TPSA) is 83.4 Å². The summed E-state index contributed by atoms with van der Waals surface area (Å²) >= 11 is 0. The van der Waals surface area contributed by atoms with E-state index in [0.29, 0.717) is 40.1 Å². The first kappa shape index (κ1) is 18.7. The van der Waals surface area contributed by atoms with Gasteiger partial charge in [-0.05, 0) is 54.8 Å². The van der Waals surface area contributed by atoms with E-state index in [-0.39, 0.29) is 5.75 Å². The van der Waals surface area contributed by atoms with Crippen molar-refractivity contribution < 1.29 is 23.1 Å². The first-order valence-electron chi connectivity index (χ1n) is 9.30. The molecule has 3 aromatic rings. The van der Waals surface area contributed by atoms with Gasteiger partial charge in [0.1, 0.15) is 11.4 Å². The average molecular weight is 414 g/mol. The summed E-state index contributed by atoms with van der Waals surface area (Å²) in [5.41, 5.74) is 0.837. The van der Waals surface area contributed by atoms with E-state index in [2.05, 4.69) is 20.6 Å². The van der Waals surface area contributed by atoms with Crippen molar-refractivity contribution in [2.24, 2.45) is 5.16 Å². The van der Waals surface area contributed by atoms with Gasteiger partial charge in [0.15, 0.2) is 5.60 Å². The lowest BCUT2D eigenvalue weighted by Crippen LogP contribution is -2.26. The molecule has 1 saturated carbocycles. The monoisotopic (exact) mass is 414 g/mol. The van der Waals surface area contributed by atoms with E-state index in [4.69, 9.17) is 4.84 Å². The van der Waals surface area contributed by atoms with Crippen molar-refractivity contribution in [1.29, 1.82) is 0 Å². The quantitative estimate of drug-likeness (QED) is 0.653. The largest absolute Gasteiger partial charge is 0.508 e. The number of rotatable bonds is 3. The summed E-state index contributed by atoms with van der Waals surface area (Å²) in [6, 6.07) is 8.34. The number of fused-ring (bicyclic) bond motifs is 1. The first-order chi connectivity index (χ1) is 14.2. The fraction of sp³-hybridized carbons (Fsp3) is 0.286. The highest BCUT2D eigenvalue weighted by atomic mass is 19.4. The second kappa shape index (κ2) is 5.84. The van der Waals surface area contributed by atoms with Crippen LogP contribution in [0.5, 0.6) is 5.75 Å². The lowest BCUT2D eigenvalue weighted by atomic mass is 9.78. The van der Waals surface area contributed by atoms with Gasteiger partial charge >= 0.3 is 6.18 Å². The number of oxime groups is 1. The number of H-pyrrole nitrogens is 1. The molecule has 1 aromatic heterocycles. The molecule has 2 atom stereocenters. The van der Waals surface area contributed by atoms with E-state index >= 15 is 0 Å². The van der Waals surface area contributed by atoms with Gasteiger partial charge in [-0.3, -0.25) is 0 Å². The molecule has 30 heavy (non-hydrogen) atoms. The predicted octanol–water partition coefficient (Wildman–Crippen LogP) is 4.67. The van der Waals surface area contributed by atoms with E-state index in [1.54, 1.807) is 12.1 Å². The summed E-state index contributed by atoms with van der Waals surface area (Å²) in [6.07, 6.45) is -2.56. The third-order valence-corrected chi connectivity index (χ3v) is 6.14. The summed E-state index contributed by atoms with van der Waals surface area (Å²) in [5, 5.41) is 24.2. The minimum atomic E-state index is -4.55. The number of benzene rings is 2. The number of nitrogens with one attached hydrogen (secondary N) is 1. The normalized spacial score (nSPS) is 24.9. The highest BCUT2D eigenvalue weighted by molar-refractivity contribution is 6.03. The highest BCUT2D eigenvalue weighted by Gasteiger charge is 2.74. The summed E-state index contributed by atoms with van der Waals surface area (Å²) in [4.78, 5) is 5.65. The van der Waals surface area contributed by atoms with Gasteiger partial charge in [0.2, 0.25) is 0 Å². The van der Waals surface area contributed by atoms with Crippen molar-refractivity contribution in [3.8, 4) is 28.1 Å². The molecule has 2 unspecified atom stereocenters. The molecule has 0 amide bonds. The van der Waals surface area contributed by atoms with Crippen LogP contribution in [0.25, 0.3) is 22.4 Å². The molecule has 1 aliphatic heterocycles. The smallest absolute Gasteiger partial charge is 0.416 e. The number of hydrogen-bond acceptors (Lipinski definition) is 5. The number of hydrogen-bond donors (Lipinski definition) is 2. The molecule has 154 valence electrons. The summed E-state index contributed by atoms with van der Waals surface area (Å²) < 4.78 is 41.4. The van der Waals surface area contributed by atoms with Gasteiger partial charge in [-0.1, -0.05) is 17.3 Å². The Kier molecular flexibility index (Phi) is 3.63. The number of alkyl halides is 3. The number of nitrogens with zero attached hydrogens (tertiary/aromatic N) is 3. The minimum Gasteiger partial charge on any atom is -0.508 e. The summed E-state index contributed by atoms with van der Waals surface area (Å²) in [6.45, 7) is 3.72. The van der Waals surface area contributed by atoms with Gasteiger partial charge in [-0.25, -0.2) is 0 Å². The van der Waals surface area contributed by atoms with Gasteiger partial charge in [0.25, 0.3) is 0 Å². The van der Waals surface area contributed by atoms with Crippen LogP contribution in [-0.4, -0.2) is 31.8 Å². The summed E-state index contributed by atoms with van der Waals surface area (Å²) in [7, 11) is 0. The zero-order chi connectivity index (χ0) is 21.3. The lowest BCUT2D eigenvalue weighted by molar-refractivity contribution is -0.137. The van der Waals surface area contributed by atoms with Crippen LogP contribution in [0.3, 0.4) is 0 Å². The van der Waals surface area contributed by atoms with Gasteiger partial charge in [-0.15, -0.1) is 0 Å². The molecule has 0 radical (unpaired) electrons. The Balaban J connectivity index is 1.88. The van der Waals surface area contributed by atoms with Crippen LogP contribution in [0, 0.1) is 0 Å². The number of halogens is 3. The van der Waals surface area contributed by atoms with Crippen molar-refractivity contribution in [3.63, 3.8) is 0 Å². The molecule has 1 aliphatic carbocycles. The minimum absolute atomic E-state index is 0.0281. The van der Waals surface area contributed by atoms with Crippen molar-refractivity contribution in [3.05, 3.63) is 53.7 Å². The van der Waals surface area contributed by atoms with E-state index in [0.717, 1.165) is 12.1 Å². The Morgan fingerprint density at radius 1 is 1.13 bits per heavy atom. The number of aromatic amines is 1. The number of phenolic OH excluding ortho intramolecular Hbond substituents is 1. The Labute approximate surface area is 169 Å². The number of aromatic nitrogens is 3. The zero-order valence-corrected chi connectivity index (χ0v) is 16.1.